The van der Waals surface area contributed by atoms with Crippen LogP contribution in [-0.4, -0.2) is 9.78 Å². The zero-order valence-corrected chi connectivity index (χ0v) is 11.9. The van der Waals surface area contributed by atoms with E-state index in [1.54, 1.807) is 6.07 Å². The zero-order valence-electron chi connectivity index (χ0n) is 11.9. The summed E-state index contributed by atoms with van der Waals surface area (Å²) in [7, 11) is 0. The van der Waals surface area contributed by atoms with Gasteiger partial charge in [-0.05, 0) is 38.5 Å². The molecule has 3 nitrogen and oxygen atoms in total. The second-order valence-corrected chi connectivity index (χ2v) is 4.91. The molecule has 1 heterocycles. The standard InChI is InChI=1S/C15H19F2N3/c1-4-20-9-13(8-18-20)11(3)19-10(2)12-5-6-14(16)15(17)7-12/h5-11,19H,4H2,1-3H3. The van der Waals surface area contributed by atoms with Crippen LogP contribution in [0.2, 0.25) is 0 Å². The van der Waals surface area contributed by atoms with Crippen LogP contribution in [0.5, 0.6) is 0 Å². The molecule has 108 valence electrons. The number of nitrogens with one attached hydrogen (secondary N) is 1. The fourth-order valence-corrected chi connectivity index (χ4v) is 2.13. The molecule has 0 spiro atoms. The second-order valence-electron chi connectivity index (χ2n) is 4.91. The van der Waals surface area contributed by atoms with Crippen molar-refractivity contribution in [3.8, 4) is 0 Å². The number of halogens is 2. The van der Waals surface area contributed by atoms with E-state index >= 15 is 0 Å². The van der Waals surface area contributed by atoms with E-state index < -0.39 is 11.6 Å². The van der Waals surface area contributed by atoms with Gasteiger partial charge in [0.05, 0.1) is 6.20 Å². The predicted molar refractivity (Wildman–Crippen MR) is 74.2 cm³/mol. The molecule has 2 aromatic rings. The highest BCUT2D eigenvalue weighted by molar-refractivity contribution is 5.21. The third kappa shape index (κ3) is 3.22. The maximum atomic E-state index is 13.2. The first-order valence-corrected chi connectivity index (χ1v) is 6.74. The van der Waals surface area contributed by atoms with Crippen molar-refractivity contribution in [3.05, 3.63) is 53.4 Å². The summed E-state index contributed by atoms with van der Waals surface area (Å²) in [6, 6.07) is 3.99. The highest BCUT2D eigenvalue weighted by Gasteiger charge is 2.14. The van der Waals surface area contributed by atoms with Gasteiger partial charge in [0.1, 0.15) is 0 Å². The minimum absolute atomic E-state index is 0.0786. The van der Waals surface area contributed by atoms with Crippen molar-refractivity contribution in [1.29, 1.82) is 0 Å². The zero-order chi connectivity index (χ0) is 14.7. The van der Waals surface area contributed by atoms with Gasteiger partial charge in [0.15, 0.2) is 11.6 Å². The van der Waals surface area contributed by atoms with Crippen molar-refractivity contribution < 1.29 is 8.78 Å². The van der Waals surface area contributed by atoms with Gasteiger partial charge in [-0.25, -0.2) is 8.78 Å². The fourth-order valence-electron chi connectivity index (χ4n) is 2.13. The molecule has 20 heavy (non-hydrogen) atoms. The van der Waals surface area contributed by atoms with Crippen LogP contribution >= 0.6 is 0 Å². The van der Waals surface area contributed by atoms with Crippen LogP contribution in [0.25, 0.3) is 0 Å². The summed E-state index contributed by atoms with van der Waals surface area (Å²) in [5.41, 5.74) is 1.79. The number of benzene rings is 1. The number of hydrogen-bond donors (Lipinski definition) is 1. The lowest BCUT2D eigenvalue weighted by atomic mass is 10.1. The molecule has 0 saturated heterocycles. The lowest BCUT2D eigenvalue weighted by Gasteiger charge is -2.19. The van der Waals surface area contributed by atoms with Crippen LogP contribution < -0.4 is 5.32 Å². The van der Waals surface area contributed by atoms with Crippen molar-refractivity contribution >= 4 is 0 Å². The van der Waals surface area contributed by atoms with Gasteiger partial charge < -0.3 is 5.32 Å². The van der Waals surface area contributed by atoms with Crippen LogP contribution in [0.3, 0.4) is 0 Å². The third-order valence-electron chi connectivity index (χ3n) is 3.42. The smallest absolute Gasteiger partial charge is 0.159 e. The molecule has 2 unspecified atom stereocenters. The Morgan fingerprint density at radius 3 is 2.45 bits per heavy atom. The van der Waals surface area contributed by atoms with Crippen molar-refractivity contribution in [1.82, 2.24) is 15.1 Å². The molecule has 2 atom stereocenters. The molecule has 0 aliphatic carbocycles. The molecule has 0 radical (unpaired) electrons. The SMILES string of the molecule is CCn1cc(C(C)NC(C)c2ccc(F)c(F)c2)cn1. The van der Waals surface area contributed by atoms with E-state index in [0.717, 1.165) is 23.7 Å². The molecule has 0 amide bonds. The summed E-state index contributed by atoms with van der Waals surface area (Å²) in [4.78, 5) is 0. The molecule has 0 bridgehead atoms. The van der Waals surface area contributed by atoms with Crippen molar-refractivity contribution in [2.24, 2.45) is 0 Å². The largest absolute Gasteiger partial charge is 0.304 e. The molecule has 0 fully saturated rings. The van der Waals surface area contributed by atoms with Crippen LogP contribution in [-0.2, 0) is 6.54 Å². The first kappa shape index (κ1) is 14.7. The highest BCUT2D eigenvalue weighted by atomic mass is 19.2. The Labute approximate surface area is 117 Å². The molecule has 0 aliphatic heterocycles. The van der Waals surface area contributed by atoms with E-state index in [0.29, 0.717) is 0 Å². The number of rotatable bonds is 5. The fraction of sp³-hybridized carbons (Fsp3) is 0.400. The maximum absolute atomic E-state index is 13.2. The monoisotopic (exact) mass is 279 g/mol. The Bertz CT molecular complexity index is 580. The van der Waals surface area contributed by atoms with E-state index in [-0.39, 0.29) is 12.1 Å². The number of hydrogen-bond acceptors (Lipinski definition) is 2. The quantitative estimate of drug-likeness (QED) is 0.906. The molecule has 5 heteroatoms. The number of nitrogens with zero attached hydrogens (tertiary/aromatic N) is 2. The van der Waals surface area contributed by atoms with E-state index in [1.807, 2.05) is 37.8 Å². The molecular weight excluding hydrogens is 260 g/mol. The van der Waals surface area contributed by atoms with E-state index in [4.69, 9.17) is 0 Å². The molecular formula is C15H19F2N3. The van der Waals surface area contributed by atoms with Crippen LogP contribution in [0, 0.1) is 11.6 Å². The number of aryl methyl sites for hydroxylation is 1. The molecule has 2 rings (SSSR count). The first-order chi connectivity index (χ1) is 9.51. The summed E-state index contributed by atoms with van der Waals surface area (Å²) in [6.45, 7) is 6.80. The Morgan fingerprint density at radius 1 is 1.15 bits per heavy atom. The first-order valence-electron chi connectivity index (χ1n) is 6.74. The Morgan fingerprint density at radius 2 is 1.85 bits per heavy atom. The lowest BCUT2D eigenvalue weighted by molar-refractivity contribution is 0.479. The predicted octanol–water partition coefficient (Wildman–Crippen LogP) is 3.59. The minimum atomic E-state index is -0.821. The summed E-state index contributed by atoms with van der Waals surface area (Å²) in [6.07, 6.45) is 3.80. The van der Waals surface area contributed by atoms with Gasteiger partial charge in [-0.2, -0.15) is 5.10 Å². The van der Waals surface area contributed by atoms with Gasteiger partial charge in [-0.3, -0.25) is 4.68 Å². The van der Waals surface area contributed by atoms with Crippen LogP contribution in [0.4, 0.5) is 8.78 Å². The van der Waals surface area contributed by atoms with Crippen molar-refractivity contribution in [3.63, 3.8) is 0 Å². The summed E-state index contributed by atoms with van der Waals surface area (Å²) >= 11 is 0. The van der Waals surface area contributed by atoms with Gasteiger partial charge in [0.25, 0.3) is 0 Å². The molecule has 1 aromatic heterocycles. The summed E-state index contributed by atoms with van der Waals surface area (Å²) in [5, 5.41) is 7.58. The Kier molecular flexibility index (Phi) is 4.49. The summed E-state index contributed by atoms with van der Waals surface area (Å²) < 4.78 is 28.0. The molecule has 0 saturated carbocycles. The van der Waals surface area contributed by atoms with E-state index in [2.05, 4.69) is 10.4 Å². The van der Waals surface area contributed by atoms with Crippen LogP contribution in [0.15, 0.2) is 30.6 Å². The van der Waals surface area contributed by atoms with Gasteiger partial charge >= 0.3 is 0 Å². The van der Waals surface area contributed by atoms with Crippen LogP contribution in [0.1, 0.15) is 44.0 Å². The summed E-state index contributed by atoms with van der Waals surface area (Å²) in [5.74, 6) is -1.64. The van der Waals surface area contributed by atoms with Crippen molar-refractivity contribution in [2.45, 2.75) is 39.4 Å². The van der Waals surface area contributed by atoms with Gasteiger partial charge in [-0.15, -0.1) is 0 Å². The normalized spacial score (nSPS) is 14.2. The Hall–Kier alpha value is -1.75. The number of aromatic nitrogens is 2. The molecule has 0 aliphatic rings. The second kappa shape index (κ2) is 6.13. The third-order valence-corrected chi connectivity index (χ3v) is 3.42. The average Bonchev–Trinajstić information content (AvgIpc) is 2.90. The molecule has 1 aromatic carbocycles. The van der Waals surface area contributed by atoms with Gasteiger partial charge in [-0.1, -0.05) is 6.07 Å². The van der Waals surface area contributed by atoms with Gasteiger partial charge in [0.2, 0.25) is 0 Å². The highest BCUT2D eigenvalue weighted by Crippen LogP contribution is 2.20. The van der Waals surface area contributed by atoms with Gasteiger partial charge in [0, 0.05) is 30.4 Å². The minimum Gasteiger partial charge on any atom is -0.304 e. The topological polar surface area (TPSA) is 29.9 Å². The van der Waals surface area contributed by atoms with E-state index in [1.165, 1.54) is 6.07 Å². The van der Waals surface area contributed by atoms with Crippen molar-refractivity contribution in [2.75, 3.05) is 0 Å². The average molecular weight is 279 g/mol. The Balaban J connectivity index is 2.06. The lowest BCUT2D eigenvalue weighted by Crippen LogP contribution is -2.22. The van der Waals surface area contributed by atoms with E-state index in [9.17, 15) is 8.78 Å². The molecule has 1 N–H and O–H groups in total. The maximum Gasteiger partial charge on any atom is 0.159 e.